The van der Waals surface area contributed by atoms with Crippen molar-refractivity contribution in [2.75, 3.05) is 0 Å². The van der Waals surface area contributed by atoms with Gasteiger partial charge in [-0.1, -0.05) is 81.4 Å². The monoisotopic (exact) mass is 385 g/mol. The Morgan fingerprint density at radius 1 is 0.897 bits per heavy atom. The Morgan fingerprint density at radius 2 is 1.45 bits per heavy atom. The molecule has 3 heteroatoms. The fourth-order valence-electron chi connectivity index (χ4n) is 4.02. The number of rotatable bonds is 5. The number of amides is 1. The first-order chi connectivity index (χ1) is 14.1. The molecule has 1 amide bonds. The zero-order valence-corrected chi connectivity index (χ0v) is 17.2. The van der Waals surface area contributed by atoms with Crippen molar-refractivity contribution in [1.29, 1.82) is 0 Å². The van der Waals surface area contributed by atoms with E-state index < -0.39 is 0 Å². The lowest BCUT2D eigenvalue weighted by molar-refractivity contribution is -0.122. The molecule has 0 aromatic heterocycles. The average molecular weight is 386 g/mol. The predicted molar refractivity (Wildman–Crippen MR) is 116 cm³/mol. The fourth-order valence-corrected chi connectivity index (χ4v) is 4.02. The van der Waals surface area contributed by atoms with Crippen molar-refractivity contribution in [2.45, 2.75) is 39.2 Å². The smallest absolute Gasteiger partial charge is 0.232 e. The minimum absolute atomic E-state index is 0.00599. The van der Waals surface area contributed by atoms with Crippen LogP contribution in [-0.2, 0) is 11.2 Å². The number of carbonyl (C=O) groups is 1. The molecule has 148 valence electrons. The minimum Gasteiger partial charge on any atom is -0.457 e. The third-order valence-corrected chi connectivity index (χ3v) is 5.65. The molecule has 0 spiro atoms. The Kier molecular flexibility index (Phi) is 5.39. The summed E-state index contributed by atoms with van der Waals surface area (Å²) in [4.78, 5) is 13.6. The summed E-state index contributed by atoms with van der Waals surface area (Å²) in [7, 11) is 0. The van der Waals surface area contributed by atoms with E-state index in [-0.39, 0.29) is 23.8 Å². The van der Waals surface area contributed by atoms with Crippen LogP contribution in [-0.4, -0.2) is 5.91 Å². The maximum Gasteiger partial charge on any atom is 0.232 e. The van der Waals surface area contributed by atoms with Crippen molar-refractivity contribution < 1.29 is 9.53 Å². The molecule has 0 radical (unpaired) electrons. The number of para-hydroxylation sites is 2. The Labute approximate surface area is 172 Å². The highest BCUT2D eigenvalue weighted by Crippen LogP contribution is 2.44. The Balaban J connectivity index is 1.68. The van der Waals surface area contributed by atoms with Crippen molar-refractivity contribution in [3.05, 3.63) is 95.1 Å². The van der Waals surface area contributed by atoms with Crippen molar-refractivity contribution in [3.63, 3.8) is 0 Å². The molecule has 0 saturated heterocycles. The lowest BCUT2D eigenvalue weighted by Crippen LogP contribution is -2.36. The van der Waals surface area contributed by atoms with Crippen LogP contribution < -0.4 is 10.1 Å². The lowest BCUT2D eigenvalue weighted by atomic mass is 9.86. The molecule has 3 aromatic carbocycles. The van der Waals surface area contributed by atoms with Gasteiger partial charge >= 0.3 is 0 Å². The molecule has 1 aliphatic heterocycles. The van der Waals surface area contributed by atoms with Gasteiger partial charge < -0.3 is 10.1 Å². The van der Waals surface area contributed by atoms with Crippen LogP contribution in [0.4, 0.5) is 0 Å². The highest BCUT2D eigenvalue weighted by molar-refractivity contribution is 5.90. The van der Waals surface area contributed by atoms with Crippen molar-refractivity contribution in [2.24, 2.45) is 5.92 Å². The molecular weight excluding hydrogens is 358 g/mol. The Morgan fingerprint density at radius 3 is 1.97 bits per heavy atom. The molecule has 0 aliphatic carbocycles. The van der Waals surface area contributed by atoms with Crippen LogP contribution in [0.3, 0.4) is 0 Å². The molecule has 29 heavy (non-hydrogen) atoms. The Bertz CT molecular complexity index is 962. The van der Waals surface area contributed by atoms with E-state index >= 15 is 0 Å². The maximum absolute atomic E-state index is 13.6. The van der Waals surface area contributed by atoms with Gasteiger partial charge in [0.25, 0.3) is 0 Å². The molecule has 3 aromatic rings. The van der Waals surface area contributed by atoms with Crippen molar-refractivity contribution in [3.8, 4) is 11.5 Å². The molecular formula is C26H27NO2. The number of hydrogen-bond donors (Lipinski definition) is 1. The van der Waals surface area contributed by atoms with Crippen molar-refractivity contribution in [1.82, 2.24) is 5.32 Å². The van der Waals surface area contributed by atoms with E-state index in [1.807, 2.05) is 48.5 Å². The summed E-state index contributed by atoms with van der Waals surface area (Å²) in [5.41, 5.74) is 4.26. The molecule has 1 atom stereocenters. The molecule has 0 bridgehead atoms. The van der Waals surface area contributed by atoms with Gasteiger partial charge in [-0.3, -0.25) is 4.79 Å². The van der Waals surface area contributed by atoms with Crippen LogP contribution in [0.1, 0.15) is 55.0 Å². The molecule has 1 aliphatic rings. The lowest BCUT2D eigenvalue weighted by Gasteiger charge is -2.30. The number of fused-ring (bicyclic) bond motifs is 2. The number of nitrogens with one attached hydrogen (secondary N) is 1. The number of ether oxygens (including phenoxy) is 1. The quantitative estimate of drug-likeness (QED) is 0.585. The van der Waals surface area contributed by atoms with Crippen LogP contribution in [0.15, 0.2) is 72.8 Å². The molecule has 1 heterocycles. The van der Waals surface area contributed by atoms with Gasteiger partial charge in [0, 0.05) is 11.1 Å². The van der Waals surface area contributed by atoms with E-state index in [1.165, 1.54) is 5.56 Å². The van der Waals surface area contributed by atoms with Crippen LogP contribution in [0.25, 0.3) is 0 Å². The number of benzene rings is 3. The van der Waals surface area contributed by atoms with Gasteiger partial charge in [-0.2, -0.15) is 0 Å². The highest BCUT2D eigenvalue weighted by Gasteiger charge is 2.34. The number of hydrogen-bond acceptors (Lipinski definition) is 2. The molecule has 0 unspecified atom stereocenters. The normalized spacial score (nSPS) is 13.9. The first-order valence-corrected chi connectivity index (χ1v) is 10.3. The second kappa shape index (κ2) is 8.12. The van der Waals surface area contributed by atoms with Gasteiger partial charge in [0.2, 0.25) is 5.91 Å². The van der Waals surface area contributed by atoms with Gasteiger partial charge in [-0.15, -0.1) is 0 Å². The predicted octanol–water partition coefficient (Wildman–Crippen LogP) is 6.00. The average Bonchev–Trinajstić information content (AvgIpc) is 2.75. The van der Waals surface area contributed by atoms with Crippen LogP contribution >= 0.6 is 0 Å². The fraction of sp³-hybridized carbons (Fsp3) is 0.269. The molecule has 4 rings (SSSR count). The SMILES string of the molecule is CCc1ccc([C@@H](NC(=O)C2c3ccccc3Oc3ccccc32)C(C)C)cc1. The largest absolute Gasteiger partial charge is 0.457 e. The molecule has 1 N–H and O–H groups in total. The van der Waals surface area contributed by atoms with E-state index in [0.717, 1.165) is 34.6 Å². The highest BCUT2D eigenvalue weighted by atomic mass is 16.5. The van der Waals surface area contributed by atoms with E-state index in [2.05, 4.69) is 50.4 Å². The summed E-state index contributed by atoms with van der Waals surface area (Å²) >= 11 is 0. The molecule has 0 saturated carbocycles. The summed E-state index contributed by atoms with van der Waals surface area (Å²) in [6.45, 7) is 6.44. The summed E-state index contributed by atoms with van der Waals surface area (Å²) in [5.74, 6) is 1.40. The zero-order valence-electron chi connectivity index (χ0n) is 17.2. The molecule has 3 nitrogen and oxygen atoms in total. The number of aryl methyl sites for hydroxylation is 1. The van der Waals surface area contributed by atoms with Gasteiger partial charge in [-0.05, 0) is 35.6 Å². The first-order valence-electron chi connectivity index (χ1n) is 10.3. The van der Waals surface area contributed by atoms with Crippen LogP contribution in [0.2, 0.25) is 0 Å². The van der Waals surface area contributed by atoms with Gasteiger partial charge in [0.1, 0.15) is 11.5 Å². The summed E-state index contributed by atoms with van der Waals surface area (Å²) in [6, 6.07) is 24.1. The zero-order chi connectivity index (χ0) is 20.4. The molecule has 0 fully saturated rings. The topological polar surface area (TPSA) is 38.3 Å². The van der Waals surface area contributed by atoms with Gasteiger partial charge in [0.05, 0.1) is 12.0 Å². The van der Waals surface area contributed by atoms with Crippen molar-refractivity contribution >= 4 is 5.91 Å². The standard InChI is InChI=1S/C26H27NO2/c1-4-18-13-15-19(16-14-18)25(17(2)3)27-26(28)24-20-9-5-7-11-22(20)29-23-12-8-6-10-21(23)24/h5-17,24-25H,4H2,1-3H3,(H,27,28)/t25-/m0/s1. The van der Waals surface area contributed by atoms with Gasteiger partial charge in [0.15, 0.2) is 0 Å². The van der Waals surface area contributed by atoms with Gasteiger partial charge in [-0.25, -0.2) is 0 Å². The summed E-state index contributed by atoms with van der Waals surface area (Å²) in [5, 5.41) is 3.33. The summed E-state index contributed by atoms with van der Waals surface area (Å²) in [6.07, 6.45) is 1.01. The van der Waals surface area contributed by atoms with Crippen LogP contribution in [0.5, 0.6) is 11.5 Å². The van der Waals surface area contributed by atoms with Crippen LogP contribution in [0, 0.1) is 5.92 Å². The maximum atomic E-state index is 13.6. The van der Waals surface area contributed by atoms with E-state index in [4.69, 9.17) is 4.74 Å². The number of carbonyl (C=O) groups excluding carboxylic acids is 1. The van der Waals surface area contributed by atoms with E-state index in [9.17, 15) is 4.79 Å². The second-order valence-electron chi connectivity index (χ2n) is 7.94. The second-order valence-corrected chi connectivity index (χ2v) is 7.94. The Hall–Kier alpha value is -3.07. The van der Waals surface area contributed by atoms with E-state index in [0.29, 0.717) is 0 Å². The third kappa shape index (κ3) is 3.77. The third-order valence-electron chi connectivity index (χ3n) is 5.65. The van der Waals surface area contributed by atoms with E-state index in [1.54, 1.807) is 0 Å². The first kappa shape index (κ1) is 19.3. The summed E-state index contributed by atoms with van der Waals surface area (Å²) < 4.78 is 6.04. The minimum atomic E-state index is -0.382.